The lowest BCUT2D eigenvalue weighted by Crippen LogP contribution is -2.37. The third-order valence-corrected chi connectivity index (χ3v) is 4.19. The summed E-state index contributed by atoms with van der Waals surface area (Å²) in [7, 11) is 0. The highest BCUT2D eigenvalue weighted by Gasteiger charge is 2.32. The molecule has 1 aliphatic heterocycles. The van der Waals surface area contributed by atoms with Crippen LogP contribution < -0.4 is 10.9 Å². The summed E-state index contributed by atoms with van der Waals surface area (Å²) in [6.07, 6.45) is 1.53. The van der Waals surface area contributed by atoms with Gasteiger partial charge in [0.1, 0.15) is 18.2 Å². The number of ether oxygens (including phenoxy) is 1. The van der Waals surface area contributed by atoms with E-state index in [1.165, 1.54) is 17.1 Å². The third kappa shape index (κ3) is 2.63. The van der Waals surface area contributed by atoms with E-state index in [-0.39, 0.29) is 17.6 Å². The molecular weight excluding hydrogens is 306 g/mol. The van der Waals surface area contributed by atoms with E-state index in [9.17, 15) is 4.79 Å². The number of hydrogen-bond donors (Lipinski definition) is 1. The minimum atomic E-state index is -0.175. The Bertz CT molecular complexity index is 934. The highest BCUT2D eigenvalue weighted by atomic mass is 16.5. The van der Waals surface area contributed by atoms with Gasteiger partial charge in [-0.05, 0) is 25.1 Å². The Morgan fingerprint density at radius 2 is 2.04 bits per heavy atom. The molecule has 1 saturated heterocycles. The van der Waals surface area contributed by atoms with E-state index in [4.69, 9.17) is 4.74 Å². The van der Waals surface area contributed by atoms with E-state index in [0.29, 0.717) is 13.2 Å². The van der Waals surface area contributed by atoms with Gasteiger partial charge >= 0.3 is 0 Å². The predicted molar refractivity (Wildman–Crippen MR) is 90.0 cm³/mol. The molecule has 0 amide bonds. The van der Waals surface area contributed by atoms with Gasteiger partial charge in [-0.2, -0.15) is 5.10 Å². The van der Waals surface area contributed by atoms with Gasteiger partial charge in [-0.3, -0.25) is 4.79 Å². The standard InChI is InChI=1S/C17H17N5O2/c1-11-6-7-16(23)22(21-11)15-9-24-8-14(15)20-17-12-4-2-3-5-13(12)18-10-19-17/h2-7,10,14-15H,8-9H2,1H3,(H,18,19,20). The molecule has 0 radical (unpaired) electrons. The lowest BCUT2D eigenvalue weighted by molar-refractivity contribution is 0.182. The molecule has 3 aromatic rings. The first-order chi connectivity index (χ1) is 11.7. The zero-order chi connectivity index (χ0) is 16.5. The summed E-state index contributed by atoms with van der Waals surface area (Å²) in [5.41, 5.74) is 1.54. The molecule has 0 spiro atoms. The summed E-state index contributed by atoms with van der Waals surface area (Å²) < 4.78 is 7.10. The zero-order valence-corrected chi connectivity index (χ0v) is 13.2. The summed E-state index contributed by atoms with van der Waals surface area (Å²) in [5, 5.41) is 8.70. The predicted octanol–water partition coefficient (Wildman–Crippen LogP) is 1.55. The van der Waals surface area contributed by atoms with E-state index in [0.717, 1.165) is 22.4 Å². The molecular formula is C17H17N5O2. The van der Waals surface area contributed by atoms with Gasteiger partial charge in [0.05, 0.1) is 30.5 Å². The molecule has 1 aromatic carbocycles. The van der Waals surface area contributed by atoms with Gasteiger partial charge in [-0.1, -0.05) is 12.1 Å². The van der Waals surface area contributed by atoms with Gasteiger partial charge in [0, 0.05) is 11.5 Å². The average Bonchev–Trinajstić information content (AvgIpc) is 3.05. The van der Waals surface area contributed by atoms with Crippen molar-refractivity contribution in [3.8, 4) is 0 Å². The molecule has 7 heteroatoms. The Balaban J connectivity index is 1.68. The smallest absolute Gasteiger partial charge is 0.267 e. The minimum absolute atomic E-state index is 0.0877. The van der Waals surface area contributed by atoms with Crippen LogP contribution in [-0.2, 0) is 4.74 Å². The highest BCUT2D eigenvalue weighted by molar-refractivity contribution is 5.88. The summed E-state index contributed by atoms with van der Waals surface area (Å²) in [4.78, 5) is 20.8. The summed E-state index contributed by atoms with van der Waals surface area (Å²) in [6.45, 7) is 2.80. The summed E-state index contributed by atoms with van der Waals surface area (Å²) in [5.74, 6) is 0.738. The maximum absolute atomic E-state index is 12.2. The number of rotatable bonds is 3. The number of fused-ring (bicyclic) bond motifs is 1. The molecule has 0 bridgehead atoms. The molecule has 0 aliphatic carbocycles. The number of aromatic nitrogens is 4. The molecule has 7 nitrogen and oxygen atoms in total. The molecule has 1 N–H and O–H groups in total. The maximum Gasteiger partial charge on any atom is 0.267 e. The Kier molecular flexibility index (Phi) is 3.70. The average molecular weight is 323 g/mol. The van der Waals surface area contributed by atoms with Gasteiger partial charge in [0.15, 0.2) is 0 Å². The van der Waals surface area contributed by atoms with Crippen LogP contribution in [0.15, 0.2) is 47.5 Å². The lowest BCUT2D eigenvalue weighted by atomic mass is 10.1. The molecule has 24 heavy (non-hydrogen) atoms. The molecule has 2 unspecified atom stereocenters. The van der Waals surface area contributed by atoms with Crippen LogP contribution in [0.3, 0.4) is 0 Å². The highest BCUT2D eigenvalue weighted by Crippen LogP contribution is 2.24. The number of hydrogen-bond acceptors (Lipinski definition) is 6. The van der Waals surface area contributed by atoms with Gasteiger partial charge in [0.25, 0.3) is 5.56 Å². The fourth-order valence-electron chi connectivity index (χ4n) is 2.98. The van der Waals surface area contributed by atoms with Crippen LogP contribution in [-0.4, -0.2) is 39.0 Å². The molecule has 0 saturated carbocycles. The Labute approximate surface area is 138 Å². The molecule has 122 valence electrons. The molecule has 2 aromatic heterocycles. The molecule has 4 rings (SSSR count). The van der Waals surface area contributed by atoms with Crippen LogP contribution >= 0.6 is 0 Å². The van der Waals surface area contributed by atoms with Crippen LogP contribution in [0.4, 0.5) is 5.82 Å². The van der Waals surface area contributed by atoms with Gasteiger partial charge < -0.3 is 10.1 Å². The molecule has 1 fully saturated rings. The Morgan fingerprint density at radius 1 is 1.17 bits per heavy atom. The van der Waals surface area contributed by atoms with Gasteiger partial charge in [0.2, 0.25) is 0 Å². The number of aryl methyl sites for hydroxylation is 1. The van der Waals surface area contributed by atoms with E-state index >= 15 is 0 Å². The Morgan fingerprint density at radius 3 is 2.96 bits per heavy atom. The normalized spacial score (nSPS) is 20.4. The SMILES string of the molecule is Cc1ccc(=O)n(C2COCC2Nc2ncnc3ccccc23)n1. The molecule has 1 aliphatic rings. The minimum Gasteiger partial charge on any atom is -0.377 e. The first-order valence-corrected chi connectivity index (χ1v) is 7.83. The molecule has 2 atom stereocenters. The van der Waals surface area contributed by atoms with Crippen molar-refractivity contribution < 1.29 is 4.74 Å². The number of nitrogens with zero attached hydrogens (tertiary/aromatic N) is 4. The first kappa shape index (κ1) is 14.8. The second-order valence-corrected chi connectivity index (χ2v) is 5.85. The summed E-state index contributed by atoms with van der Waals surface area (Å²) >= 11 is 0. The topological polar surface area (TPSA) is 81.9 Å². The number of para-hydroxylation sites is 1. The first-order valence-electron chi connectivity index (χ1n) is 7.83. The largest absolute Gasteiger partial charge is 0.377 e. The lowest BCUT2D eigenvalue weighted by Gasteiger charge is -2.21. The fraction of sp³-hybridized carbons (Fsp3) is 0.294. The van der Waals surface area contributed by atoms with Crippen molar-refractivity contribution in [2.75, 3.05) is 18.5 Å². The van der Waals surface area contributed by atoms with Crippen molar-refractivity contribution in [1.29, 1.82) is 0 Å². The van der Waals surface area contributed by atoms with Gasteiger partial charge in [-0.15, -0.1) is 0 Å². The number of benzene rings is 1. The number of nitrogens with one attached hydrogen (secondary N) is 1. The van der Waals surface area contributed by atoms with E-state index in [2.05, 4.69) is 20.4 Å². The van der Waals surface area contributed by atoms with E-state index in [1.54, 1.807) is 6.07 Å². The van der Waals surface area contributed by atoms with Crippen molar-refractivity contribution >= 4 is 16.7 Å². The third-order valence-electron chi connectivity index (χ3n) is 4.19. The quantitative estimate of drug-likeness (QED) is 0.787. The Hall–Kier alpha value is -2.80. The van der Waals surface area contributed by atoms with Crippen molar-refractivity contribution in [2.45, 2.75) is 19.0 Å². The van der Waals surface area contributed by atoms with Crippen LogP contribution in [0.2, 0.25) is 0 Å². The van der Waals surface area contributed by atoms with E-state index in [1.807, 2.05) is 31.2 Å². The van der Waals surface area contributed by atoms with Crippen molar-refractivity contribution in [3.63, 3.8) is 0 Å². The van der Waals surface area contributed by atoms with Crippen molar-refractivity contribution in [1.82, 2.24) is 19.7 Å². The monoisotopic (exact) mass is 323 g/mol. The molecule has 3 heterocycles. The second kappa shape index (κ2) is 6.01. The summed E-state index contributed by atoms with van der Waals surface area (Å²) in [6, 6.07) is 10.8. The van der Waals surface area contributed by atoms with Crippen LogP contribution in [0.25, 0.3) is 10.9 Å². The second-order valence-electron chi connectivity index (χ2n) is 5.85. The van der Waals surface area contributed by atoms with Crippen LogP contribution in [0.5, 0.6) is 0 Å². The number of anilines is 1. The zero-order valence-electron chi connectivity index (χ0n) is 13.2. The van der Waals surface area contributed by atoms with Crippen LogP contribution in [0, 0.1) is 6.92 Å². The van der Waals surface area contributed by atoms with Crippen molar-refractivity contribution in [3.05, 3.63) is 58.8 Å². The van der Waals surface area contributed by atoms with Gasteiger partial charge in [-0.25, -0.2) is 14.6 Å². The fourth-order valence-corrected chi connectivity index (χ4v) is 2.98. The maximum atomic E-state index is 12.2. The van der Waals surface area contributed by atoms with Crippen LogP contribution in [0.1, 0.15) is 11.7 Å². The van der Waals surface area contributed by atoms with E-state index < -0.39 is 0 Å². The van der Waals surface area contributed by atoms with Crippen molar-refractivity contribution in [2.24, 2.45) is 0 Å².